The summed E-state index contributed by atoms with van der Waals surface area (Å²) in [7, 11) is -2.59. The molecule has 1 heterocycles. The lowest BCUT2D eigenvalue weighted by molar-refractivity contribution is 0.194. The van der Waals surface area contributed by atoms with Crippen molar-refractivity contribution in [2.75, 3.05) is 13.7 Å². The monoisotopic (exact) mass is 436 g/mol. The van der Waals surface area contributed by atoms with Gasteiger partial charge >= 0.3 is 6.09 Å². The molecule has 0 bridgehead atoms. The maximum Gasteiger partial charge on any atom is 0.404 e. The molecule has 3 aromatic rings. The zero-order valence-corrected chi connectivity index (χ0v) is 16.9. The van der Waals surface area contributed by atoms with Crippen LogP contribution in [-0.2, 0) is 16.3 Å². The van der Waals surface area contributed by atoms with Crippen LogP contribution in [0.4, 0.5) is 9.18 Å². The standard InChI is InChI=1S/C19H17FN2O5S2/c1-27-12-5-4-6-13(11-12)29(25,26)18-17(14-7-2-3-8-15(14)20)22-16(28-18)9-10-21-19(23)24/h2-8,11,21H,9-10H2,1H3,(H,23,24). The molecule has 0 spiro atoms. The fourth-order valence-corrected chi connectivity index (χ4v) is 5.59. The van der Waals surface area contributed by atoms with Crippen molar-refractivity contribution in [3.05, 3.63) is 59.4 Å². The lowest BCUT2D eigenvalue weighted by atomic mass is 10.1. The Balaban J connectivity index is 2.11. The minimum Gasteiger partial charge on any atom is -0.497 e. The van der Waals surface area contributed by atoms with Gasteiger partial charge in [0.1, 0.15) is 17.3 Å². The first-order valence-electron chi connectivity index (χ1n) is 8.43. The molecule has 0 aliphatic carbocycles. The molecule has 10 heteroatoms. The van der Waals surface area contributed by atoms with Crippen molar-refractivity contribution in [3.63, 3.8) is 0 Å². The number of aromatic nitrogens is 1. The first-order chi connectivity index (χ1) is 13.8. The second kappa shape index (κ2) is 8.58. The molecular weight excluding hydrogens is 419 g/mol. The Morgan fingerprint density at radius 3 is 2.69 bits per heavy atom. The van der Waals surface area contributed by atoms with Crippen LogP contribution in [0.1, 0.15) is 5.01 Å². The average molecular weight is 436 g/mol. The van der Waals surface area contributed by atoms with Gasteiger partial charge < -0.3 is 15.2 Å². The number of ether oxygens (including phenoxy) is 1. The Kier molecular flexibility index (Phi) is 6.14. The molecule has 0 aliphatic rings. The van der Waals surface area contributed by atoms with Gasteiger partial charge in [0.25, 0.3) is 0 Å². The van der Waals surface area contributed by atoms with Gasteiger partial charge in [0.15, 0.2) is 4.21 Å². The van der Waals surface area contributed by atoms with Crippen molar-refractivity contribution in [3.8, 4) is 17.0 Å². The minimum absolute atomic E-state index is 0.00115. The van der Waals surface area contributed by atoms with Crippen LogP contribution in [-0.4, -0.2) is 38.3 Å². The molecule has 0 saturated heterocycles. The molecule has 0 radical (unpaired) electrons. The van der Waals surface area contributed by atoms with Crippen LogP contribution in [0.5, 0.6) is 5.75 Å². The van der Waals surface area contributed by atoms with Gasteiger partial charge in [-0.15, -0.1) is 11.3 Å². The van der Waals surface area contributed by atoms with E-state index in [0.717, 1.165) is 11.3 Å². The number of carboxylic acid groups (broad SMARTS) is 1. The van der Waals surface area contributed by atoms with Gasteiger partial charge in [-0.1, -0.05) is 18.2 Å². The fourth-order valence-electron chi connectivity index (χ4n) is 2.61. The highest BCUT2D eigenvalue weighted by Crippen LogP contribution is 2.37. The normalized spacial score (nSPS) is 11.2. The van der Waals surface area contributed by atoms with Crippen molar-refractivity contribution in [1.29, 1.82) is 0 Å². The SMILES string of the molecule is COc1cccc(S(=O)(=O)c2sc(CCNC(=O)O)nc2-c2ccccc2F)c1. The quantitative estimate of drug-likeness (QED) is 0.586. The molecule has 29 heavy (non-hydrogen) atoms. The van der Waals surface area contributed by atoms with E-state index < -0.39 is 21.7 Å². The Hall–Kier alpha value is -2.98. The van der Waals surface area contributed by atoms with E-state index in [0.29, 0.717) is 10.8 Å². The van der Waals surface area contributed by atoms with Crippen LogP contribution in [0.2, 0.25) is 0 Å². The van der Waals surface area contributed by atoms with Gasteiger partial charge in [-0.2, -0.15) is 0 Å². The smallest absolute Gasteiger partial charge is 0.404 e. The summed E-state index contributed by atoms with van der Waals surface area (Å²) in [5, 5.41) is 11.3. The summed E-state index contributed by atoms with van der Waals surface area (Å²) in [5.41, 5.74) is 0.0592. The lowest BCUT2D eigenvalue weighted by Gasteiger charge is -2.07. The number of nitrogens with one attached hydrogen (secondary N) is 1. The van der Waals surface area contributed by atoms with Gasteiger partial charge in [-0.25, -0.2) is 22.6 Å². The van der Waals surface area contributed by atoms with E-state index in [1.165, 1.54) is 37.4 Å². The molecular formula is C19H17FN2O5S2. The molecule has 0 fully saturated rings. The highest BCUT2D eigenvalue weighted by Gasteiger charge is 2.28. The van der Waals surface area contributed by atoms with Gasteiger partial charge in [0.05, 0.1) is 17.0 Å². The van der Waals surface area contributed by atoms with Crippen LogP contribution in [0.3, 0.4) is 0 Å². The predicted octanol–water partition coefficient (Wildman–Crippen LogP) is 3.60. The largest absolute Gasteiger partial charge is 0.497 e. The Bertz CT molecular complexity index is 1150. The van der Waals surface area contributed by atoms with E-state index in [1.807, 2.05) is 0 Å². The number of methoxy groups -OCH3 is 1. The highest BCUT2D eigenvalue weighted by molar-refractivity contribution is 7.93. The van der Waals surface area contributed by atoms with Crippen molar-refractivity contribution in [1.82, 2.24) is 10.3 Å². The maximum atomic E-state index is 14.4. The van der Waals surface area contributed by atoms with Crippen molar-refractivity contribution >= 4 is 27.3 Å². The third-order valence-corrected chi connectivity index (χ3v) is 7.35. The van der Waals surface area contributed by atoms with Crippen LogP contribution in [0.15, 0.2) is 57.6 Å². The Morgan fingerprint density at radius 1 is 1.24 bits per heavy atom. The van der Waals surface area contributed by atoms with Crippen LogP contribution < -0.4 is 10.1 Å². The zero-order chi connectivity index (χ0) is 21.0. The third-order valence-electron chi connectivity index (χ3n) is 3.98. The zero-order valence-electron chi connectivity index (χ0n) is 15.3. The second-order valence-electron chi connectivity index (χ2n) is 5.89. The number of hydrogen-bond acceptors (Lipinski definition) is 6. The van der Waals surface area contributed by atoms with Crippen LogP contribution >= 0.6 is 11.3 Å². The number of nitrogens with zero attached hydrogens (tertiary/aromatic N) is 1. The molecule has 0 atom stereocenters. The van der Waals surface area contributed by atoms with Crippen LogP contribution in [0, 0.1) is 5.82 Å². The molecule has 2 aromatic carbocycles. The molecule has 1 amide bonds. The first kappa shape index (κ1) is 20.7. The van der Waals surface area contributed by atoms with E-state index >= 15 is 0 Å². The Labute approximate surface area is 170 Å². The molecule has 3 rings (SSSR count). The topological polar surface area (TPSA) is 106 Å². The number of rotatable bonds is 7. The van der Waals surface area contributed by atoms with Gasteiger partial charge in [-0.05, 0) is 30.3 Å². The lowest BCUT2D eigenvalue weighted by Crippen LogP contribution is -2.23. The van der Waals surface area contributed by atoms with E-state index in [-0.39, 0.29) is 33.3 Å². The van der Waals surface area contributed by atoms with E-state index in [4.69, 9.17) is 9.84 Å². The van der Waals surface area contributed by atoms with Crippen molar-refractivity contribution < 1.29 is 27.4 Å². The van der Waals surface area contributed by atoms with Gasteiger partial charge in [-0.3, -0.25) is 0 Å². The minimum atomic E-state index is -4.02. The summed E-state index contributed by atoms with van der Waals surface area (Å²) in [6.07, 6.45) is -1.02. The fraction of sp³-hybridized carbons (Fsp3) is 0.158. The highest BCUT2D eigenvalue weighted by atomic mass is 32.2. The predicted molar refractivity (Wildman–Crippen MR) is 106 cm³/mol. The molecule has 0 unspecified atom stereocenters. The second-order valence-corrected chi connectivity index (χ2v) is 9.12. The first-order valence-corrected chi connectivity index (χ1v) is 10.7. The molecule has 2 N–H and O–H groups in total. The van der Waals surface area contributed by atoms with Gasteiger partial charge in [0.2, 0.25) is 9.84 Å². The molecule has 0 aliphatic heterocycles. The number of benzene rings is 2. The number of carbonyl (C=O) groups is 1. The summed E-state index contributed by atoms with van der Waals surface area (Å²) in [6, 6.07) is 11.7. The van der Waals surface area contributed by atoms with Crippen molar-refractivity contribution in [2.45, 2.75) is 15.5 Å². The molecule has 0 saturated carbocycles. The summed E-state index contributed by atoms with van der Waals surface area (Å²) in [4.78, 5) is 14.9. The summed E-state index contributed by atoms with van der Waals surface area (Å²) >= 11 is 0.890. The van der Waals surface area contributed by atoms with Crippen LogP contribution in [0.25, 0.3) is 11.3 Å². The van der Waals surface area contributed by atoms with E-state index in [9.17, 15) is 17.6 Å². The summed E-state index contributed by atoms with van der Waals surface area (Å²) in [6.45, 7) is 0.0538. The average Bonchev–Trinajstić information content (AvgIpc) is 3.13. The number of thiazole rings is 1. The molecule has 1 aromatic heterocycles. The summed E-state index contributed by atoms with van der Waals surface area (Å²) in [5.74, 6) is -0.232. The molecule has 7 nitrogen and oxygen atoms in total. The number of halogens is 1. The number of amides is 1. The van der Waals surface area contributed by atoms with Crippen molar-refractivity contribution in [2.24, 2.45) is 0 Å². The third kappa shape index (κ3) is 4.54. The number of sulfone groups is 1. The van der Waals surface area contributed by atoms with Gasteiger partial charge in [0, 0.05) is 18.5 Å². The Morgan fingerprint density at radius 2 is 2.00 bits per heavy atom. The molecule has 152 valence electrons. The van der Waals surface area contributed by atoms with E-state index in [1.54, 1.807) is 18.2 Å². The maximum absolute atomic E-state index is 14.4. The number of hydrogen-bond donors (Lipinski definition) is 2. The van der Waals surface area contributed by atoms with E-state index in [2.05, 4.69) is 10.3 Å². The summed E-state index contributed by atoms with van der Waals surface area (Å²) < 4.78 is 46.0.